The van der Waals surface area contributed by atoms with Crippen LogP contribution in [0.25, 0.3) is 11.1 Å². The molecule has 0 bridgehead atoms. The zero-order chi connectivity index (χ0) is 18.9. The number of rotatable bonds is 5. The third kappa shape index (κ3) is 3.59. The maximum absolute atomic E-state index is 13.0. The van der Waals surface area contributed by atoms with E-state index >= 15 is 0 Å². The fraction of sp³-hybridized carbons (Fsp3) is 0.316. The highest BCUT2D eigenvalue weighted by molar-refractivity contribution is 7.89. The average molecular weight is 373 g/mol. The molecule has 0 spiro atoms. The van der Waals surface area contributed by atoms with Crippen LogP contribution in [0, 0.1) is 5.92 Å². The van der Waals surface area contributed by atoms with Crippen LogP contribution in [0.2, 0.25) is 0 Å². The molecule has 1 aliphatic rings. The van der Waals surface area contributed by atoms with Gasteiger partial charge in [0.05, 0.1) is 16.5 Å². The lowest BCUT2D eigenvalue weighted by atomic mass is 10.1. The number of anilines is 1. The van der Waals surface area contributed by atoms with Crippen LogP contribution in [0.4, 0.5) is 5.69 Å². The molecule has 26 heavy (non-hydrogen) atoms. The Morgan fingerprint density at radius 2 is 1.73 bits per heavy atom. The molecule has 0 amide bonds. The van der Waals surface area contributed by atoms with Gasteiger partial charge >= 0.3 is 0 Å². The van der Waals surface area contributed by atoms with Crippen molar-refractivity contribution in [3.8, 4) is 11.1 Å². The first-order valence-electron chi connectivity index (χ1n) is 8.39. The lowest BCUT2D eigenvalue weighted by Gasteiger charge is -2.18. The molecule has 0 aromatic heterocycles. The number of nitrogens with zero attached hydrogens (tertiary/aromatic N) is 2. The summed E-state index contributed by atoms with van der Waals surface area (Å²) >= 11 is 0. The number of hydrogen-bond donors (Lipinski definition) is 1. The molecular formula is C19H23N3O3S. The van der Waals surface area contributed by atoms with Crippen molar-refractivity contribution in [2.75, 3.05) is 19.0 Å². The van der Waals surface area contributed by atoms with Crippen LogP contribution in [-0.4, -0.2) is 34.5 Å². The van der Waals surface area contributed by atoms with Gasteiger partial charge in [-0.05, 0) is 30.7 Å². The van der Waals surface area contributed by atoms with Crippen LogP contribution in [-0.2, 0) is 14.9 Å². The van der Waals surface area contributed by atoms with E-state index in [1.54, 1.807) is 18.2 Å². The summed E-state index contributed by atoms with van der Waals surface area (Å²) in [6, 6.07) is 14.7. The third-order valence-corrected chi connectivity index (χ3v) is 6.04. The molecule has 2 aromatic carbocycles. The van der Waals surface area contributed by atoms with Crippen LogP contribution >= 0.6 is 0 Å². The number of benzene rings is 2. The number of nitrogens with one attached hydrogen (secondary N) is 1. The number of oxime groups is 1. The largest absolute Gasteiger partial charge is 0.378 e. The molecule has 7 heteroatoms. The van der Waals surface area contributed by atoms with Gasteiger partial charge in [0.25, 0.3) is 0 Å². The zero-order valence-corrected chi connectivity index (χ0v) is 16.1. The van der Waals surface area contributed by atoms with Crippen molar-refractivity contribution in [1.29, 1.82) is 0 Å². The van der Waals surface area contributed by atoms with Crippen molar-refractivity contribution in [2.24, 2.45) is 11.1 Å². The molecule has 3 rings (SSSR count). The Hall–Kier alpha value is -2.38. The van der Waals surface area contributed by atoms with Crippen molar-refractivity contribution in [1.82, 2.24) is 4.72 Å². The smallest absolute Gasteiger partial charge is 0.244 e. The summed E-state index contributed by atoms with van der Waals surface area (Å²) in [5.74, 6) is -0.115. The fourth-order valence-electron chi connectivity index (χ4n) is 2.75. The first kappa shape index (κ1) is 18.4. The molecule has 0 aliphatic carbocycles. The standard InChI is InChI=1S/C19H23N3O3S/c1-13-14(2)20-25-19(13)21-26(23,24)18-8-6-5-7-17(18)15-9-11-16(12-10-15)22(3)4/h5-13,19,21H,1-4H3. The van der Waals surface area contributed by atoms with Crippen molar-refractivity contribution < 1.29 is 13.3 Å². The van der Waals surface area contributed by atoms with Gasteiger partial charge in [-0.25, -0.2) is 8.42 Å². The highest BCUT2D eigenvalue weighted by Crippen LogP contribution is 2.29. The summed E-state index contributed by atoms with van der Waals surface area (Å²) in [5, 5.41) is 3.87. The van der Waals surface area contributed by atoms with E-state index in [1.807, 2.05) is 63.2 Å². The molecule has 0 saturated carbocycles. The van der Waals surface area contributed by atoms with Crippen LogP contribution < -0.4 is 9.62 Å². The third-order valence-electron chi connectivity index (χ3n) is 4.57. The second-order valence-corrected chi connectivity index (χ2v) is 8.29. The Labute approximate surface area is 154 Å². The van der Waals surface area contributed by atoms with E-state index in [9.17, 15) is 8.42 Å². The topological polar surface area (TPSA) is 71.0 Å². The molecule has 0 saturated heterocycles. The summed E-state index contributed by atoms with van der Waals surface area (Å²) in [7, 11) is 0.161. The quantitative estimate of drug-likeness (QED) is 0.874. The maximum atomic E-state index is 13.0. The minimum Gasteiger partial charge on any atom is -0.378 e. The molecule has 0 fully saturated rings. The first-order valence-corrected chi connectivity index (χ1v) is 9.87. The van der Waals surface area contributed by atoms with Gasteiger partial charge in [0, 0.05) is 25.3 Å². The fourth-order valence-corrected chi connectivity index (χ4v) is 4.17. The Balaban J connectivity index is 1.93. The van der Waals surface area contributed by atoms with E-state index in [0.29, 0.717) is 5.56 Å². The van der Waals surface area contributed by atoms with Crippen LogP contribution in [0.3, 0.4) is 0 Å². The predicted octanol–water partition coefficient (Wildman–Crippen LogP) is 3.07. The average Bonchev–Trinajstić information content (AvgIpc) is 2.93. The minimum absolute atomic E-state index is 0.115. The summed E-state index contributed by atoms with van der Waals surface area (Å²) < 4.78 is 28.5. The Morgan fingerprint density at radius 1 is 1.08 bits per heavy atom. The van der Waals surface area contributed by atoms with Gasteiger partial charge in [0.15, 0.2) is 6.23 Å². The van der Waals surface area contributed by atoms with Gasteiger partial charge in [0.1, 0.15) is 0 Å². The molecule has 2 aromatic rings. The normalized spacial score (nSPS) is 19.8. The number of sulfonamides is 1. The van der Waals surface area contributed by atoms with Gasteiger partial charge < -0.3 is 9.74 Å². The van der Waals surface area contributed by atoms with Crippen molar-refractivity contribution in [3.63, 3.8) is 0 Å². The van der Waals surface area contributed by atoms with Crippen LogP contribution in [0.15, 0.2) is 58.6 Å². The number of hydrogen-bond acceptors (Lipinski definition) is 5. The van der Waals surface area contributed by atoms with Gasteiger partial charge in [0.2, 0.25) is 10.0 Å². The summed E-state index contributed by atoms with van der Waals surface area (Å²) in [6.45, 7) is 3.70. The molecule has 0 radical (unpaired) electrons. The lowest BCUT2D eigenvalue weighted by Crippen LogP contribution is -2.39. The molecular weight excluding hydrogens is 350 g/mol. The maximum Gasteiger partial charge on any atom is 0.244 e. The van der Waals surface area contributed by atoms with Crippen molar-refractivity contribution >= 4 is 21.4 Å². The second-order valence-electron chi connectivity index (χ2n) is 6.61. The first-order chi connectivity index (χ1) is 12.3. The molecule has 2 unspecified atom stereocenters. The monoisotopic (exact) mass is 373 g/mol. The highest BCUT2D eigenvalue weighted by Gasteiger charge is 2.33. The van der Waals surface area contributed by atoms with Crippen molar-refractivity contribution in [2.45, 2.75) is 25.0 Å². The van der Waals surface area contributed by atoms with E-state index in [-0.39, 0.29) is 10.8 Å². The summed E-state index contributed by atoms with van der Waals surface area (Å²) in [5.41, 5.74) is 3.30. The Kier molecular flexibility index (Phi) is 5.02. The molecule has 2 atom stereocenters. The molecule has 1 aliphatic heterocycles. The second kappa shape index (κ2) is 7.09. The van der Waals surface area contributed by atoms with Gasteiger partial charge in [-0.1, -0.05) is 42.4 Å². The van der Waals surface area contributed by atoms with E-state index in [4.69, 9.17) is 4.84 Å². The van der Waals surface area contributed by atoms with E-state index < -0.39 is 16.3 Å². The van der Waals surface area contributed by atoms with Crippen molar-refractivity contribution in [3.05, 3.63) is 48.5 Å². The SMILES string of the molecule is CC1=NOC(NS(=O)(=O)c2ccccc2-c2ccc(N(C)C)cc2)C1C. The molecule has 6 nitrogen and oxygen atoms in total. The Morgan fingerprint density at radius 3 is 2.31 bits per heavy atom. The van der Waals surface area contributed by atoms with Crippen LogP contribution in [0.5, 0.6) is 0 Å². The lowest BCUT2D eigenvalue weighted by molar-refractivity contribution is 0.0576. The van der Waals surface area contributed by atoms with Gasteiger partial charge in [-0.3, -0.25) is 0 Å². The summed E-state index contributed by atoms with van der Waals surface area (Å²) in [4.78, 5) is 7.43. The van der Waals surface area contributed by atoms with Crippen LogP contribution in [0.1, 0.15) is 13.8 Å². The molecule has 1 N–H and O–H groups in total. The highest BCUT2D eigenvalue weighted by atomic mass is 32.2. The van der Waals surface area contributed by atoms with Gasteiger partial charge in [-0.2, -0.15) is 4.72 Å². The zero-order valence-electron chi connectivity index (χ0n) is 15.3. The summed E-state index contributed by atoms with van der Waals surface area (Å²) in [6.07, 6.45) is -0.691. The predicted molar refractivity (Wildman–Crippen MR) is 104 cm³/mol. The molecule has 138 valence electrons. The molecule has 1 heterocycles. The van der Waals surface area contributed by atoms with E-state index in [2.05, 4.69) is 9.88 Å². The van der Waals surface area contributed by atoms with E-state index in [1.165, 1.54) is 0 Å². The minimum atomic E-state index is -3.76. The van der Waals surface area contributed by atoms with E-state index in [0.717, 1.165) is 17.0 Å². The Bertz CT molecular complexity index is 921. The van der Waals surface area contributed by atoms with Gasteiger partial charge in [-0.15, -0.1) is 0 Å².